The van der Waals surface area contributed by atoms with Crippen LogP contribution in [0.3, 0.4) is 0 Å². The minimum Gasteiger partial charge on any atom is -0.473 e. The molecule has 0 radical (unpaired) electrons. The van der Waals surface area contributed by atoms with Crippen molar-refractivity contribution in [2.24, 2.45) is 4.99 Å². The number of rotatable bonds is 8. The number of ether oxygens (including phenoxy) is 1. The number of carbonyl (C=O) groups excluding carboxylic acids is 1. The average Bonchev–Trinajstić information content (AvgIpc) is 2.74. The Balaban J connectivity index is 0.00000176. The molecule has 0 aromatic heterocycles. The lowest BCUT2D eigenvalue weighted by molar-refractivity contribution is -0.120. The second-order valence-electron chi connectivity index (χ2n) is 5.39. The van der Waals surface area contributed by atoms with Crippen LogP contribution in [0, 0.1) is 0 Å². The number of hydrogen-bond acceptors (Lipinski definition) is 4. The van der Waals surface area contributed by atoms with E-state index in [-0.39, 0.29) is 11.8 Å². The van der Waals surface area contributed by atoms with Gasteiger partial charge in [0.1, 0.15) is 12.3 Å². The van der Waals surface area contributed by atoms with Crippen molar-refractivity contribution in [2.45, 2.75) is 39.0 Å². The molecule has 2 aromatic rings. The number of carbonyl (C=O) groups is 1. The fourth-order valence-electron chi connectivity index (χ4n) is 2.16. The van der Waals surface area contributed by atoms with E-state index in [9.17, 15) is 4.79 Å². The van der Waals surface area contributed by atoms with Crippen LogP contribution < -0.4 is 5.32 Å². The first kappa shape index (κ1) is 22.5. The first-order valence-electron chi connectivity index (χ1n) is 9.07. The van der Waals surface area contributed by atoms with Crippen molar-refractivity contribution in [1.29, 1.82) is 0 Å². The predicted octanol–water partition coefficient (Wildman–Crippen LogP) is 5.08. The van der Waals surface area contributed by atoms with Crippen LogP contribution in [0.15, 0.2) is 71.5 Å². The first-order chi connectivity index (χ1) is 13.2. The Labute approximate surface area is 167 Å². The highest BCUT2D eigenvalue weighted by molar-refractivity contribution is 7.81. The summed E-state index contributed by atoms with van der Waals surface area (Å²) in [7, 11) is 0. The number of nitrogens with one attached hydrogen (secondary N) is 1. The van der Waals surface area contributed by atoms with Gasteiger partial charge in [-0.05, 0) is 18.7 Å². The SMILES string of the molecule is C=N/C(=C(/NC(=O)C(S)CC)OCc1ccccc1)c1ccccc1.CC. The molecule has 2 rings (SSSR count). The molecular weight excluding hydrogens is 356 g/mol. The van der Waals surface area contributed by atoms with Crippen molar-refractivity contribution in [3.05, 3.63) is 77.7 Å². The van der Waals surface area contributed by atoms with Crippen molar-refractivity contribution >= 4 is 31.0 Å². The summed E-state index contributed by atoms with van der Waals surface area (Å²) in [4.78, 5) is 16.4. The fourth-order valence-corrected chi connectivity index (χ4v) is 2.23. The number of benzene rings is 2. The van der Waals surface area contributed by atoms with Gasteiger partial charge in [0.05, 0.1) is 5.25 Å². The second kappa shape index (κ2) is 12.8. The Bertz CT molecular complexity index is 730. The molecule has 1 amide bonds. The molecule has 0 saturated carbocycles. The molecule has 1 atom stereocenters. The molecule has 0 aliphatic carbocycles. The van der Waals surface area contributed by atoms with E-state index < -0.39 is 5.25 Å². The van der Waals surface area contributed by atoms with Crippen LogP contribution in [0.25, 0.3) is 5.70 Å². The van der Waals surface area contributed by atoms with Gasteiger partial charge in [-0.1, -0.05) is 81.4 Å². The number of aliphatic imine (C=N–C) groups is 1. The molecule has 0 aliphatic heterocycles. The van der Waals surface area contributed by atoms with Crippen molar-refractivity contribution < 1.29 is 9.53 Å². The van der Waals surface area contributed by atoms with Crippen LogP contribution in [0.2, 0.25) is 0 Å². The lowest BCUT2D eigenvalue weighted by Crippen LogP contribution is -2.32. The zero-order chi connectivity index (χ0) is 20.1. The maximum absolute atomic E-state index is 12.3. The Kier molecular flexibility index (Phi) is 10.6. The van der Waals surface area contributed by atoms with Crippen LogP contribution in [0.1, 0.15) is 38.3 Å². The van der Waals surface area contributed by atoms with E-state index >= 15 is 0 Å². The van der Waals surface area contributed by atoms with Gasteiger partial charge in [-0.2, -0.15) is 12.6 Å². The molecule has 0 spiro atoms. The summed E-state index contributed by atoms with van der Waals surface area (Å²) < 4.78 is 5.88. The highest BCUT2D eigenvalue weighted by Crippen LogP contribution is 2.20. The third-order valence-corrected chi connectivity index (χ3v) is 4.17. The van der Waals surface area contributed by atoms with Gasteiger partial charge in [-0.3, -0.25) is 15.1 Å². The second-order valence-corrected chi connectivity index (χ2v) is 6.01. The summed E-state index contributed by atoms with van der Waals surface area (Å²) >= 11 is 4.29. The summed E-state index contributed by atoms with van der Waals surface area (Å²) in [6.07, 6.45) is 0.614. The van der Waals surface area contributed by atoms with E-state index in [1.54, 1.807) is 0 Å². The van der Waals surface area contributed by atoms with Crippen LogP contribution in [-0.4, -0.2) is 17.9 Å². The van der Waals surface area contributed by atoms with Crippen LogP contribution >= 0.6 is 12.6 Å². The molecule has 1 unspecified atom stereocenters. The van der Waals surface area contributed by atoms with Gasteiger partial charge in [0, 0.05) is 5.56 Å². The molecule has 4 nitrogen and oxygen atoms in total. The Hall–Kier alpha value is -2.53. The Morgan fingerprint density at radius 3 is 2.19 bits per heavy atom. The van der Waals surface area contributed by atoms with Crippen LogP contribution in [-0.2, 0) is 16.1 Å². The minimum absolute atomic E-state index is 0.231. The summed E-state index contributed by atoms with van der Waals surface area (Å²) in [6.45, 7) is 9.84. The van der Waals surface area contributed by atoms with Gasteiger partial charge < -0.3 is 4.74 Å². The molecule has 1 N–H and O–H groups in total. The maximum atomic E-state index is 12.3. The molecule has 0 aliphatic rings. The van der Waals surface area contributed by atoms with Crippen LogP contribution in [0.4, 0.5) is 0 Å². The highest BCUT2D eigenvalue weighted by Gasteiger charge is 2.17. The average molecular weight is 385 g/mol. The van der Waals surface area contributed by atoms with E-state index in [1.165, 1.54) is 0 Å². The van der Waals surface area contributed by atoms with Gasteiger partial charge >= 0.3 is 0 Å². The molecule has 0 heterocycles. The van der Waals surface area contributed by atoms with Gasteiger partial charge in [-0.15, -0.1) is 0 Å². The zero-order valence-corrected chi connectivity index (χ0v) is 17.1. The standard InChI is InChI=1S/C20H22N2O2S.C2H6/c1-3-17(25)19(23)22-20(24-14-15-10-6-4-7-11-15)18(21-2)16-12-8-5-9-13-16;1-2/h4-13,17,25H,2-3,14H2,1H3,(H,22,23);1-2H3/b20-18-;. The van der Waals surface area contributed by atoms with Crippen molar-refractivity contribution in [1.82, 2.24) is 5.32 Å². The largest absolute Gasteiger partial charge is 0.473 e. The van der Waals surface area contributed by atoms with E-state index in [0.717, 1.165) is 11.1 Å². The zero-order valence-electron chi connectivity index (χ0n) is 16.2. The summed E-state index contributed by atoms with van der Waals surface area (Å²) in [5.41, 5.74) is 2.29. The van der Waals surface area contributed by atoms with E-state index in [2.05, 4.69) is 29.7 Å². The molecule has 5 heteroatoms. The third-order valence-electron chi connectivity index (χ3n) is 3.57. The molecule has 27 heavy (non-hydrogen) atoms. The molecule has 0 bridgehead atoms. The van der Waals surface area contributed by atoms with E-state index in [0.29, 0.717) is 18.7 Å². The van der Waals surface area contributed by atoms with E-state index in [1.807, 2.05) is 81.4 Å². The lowest BCUT2D eigenvalue weighted by Gasteiger charge is -2.17. The Morgan fingerprint density at radius 2 is 1.67 bits per heavy atom. The number of amides is 1. The maximum Gasteiger partial charge on any atom is 0.239 e. The number of nitrogens with zero attached hydrogens (tertiary/aromatic N) is 1. The summed E-state index contributed by atoms with van der Waals surface area (Å²) in [5, 5.41) is 2.38. The van der Waals surface area contributed by atoms with Crippen molar-refractivity contribution in [3.63, 3.8) is 0 Å². The minimum atomic E-state index is -0.419. The smallest absolute Gasteiger partial charge is 0.239 e. The predicted molar refractivity (Wildman–Crippen MR) is 117 cm³/mol. The molecule has 2 aromatic carbocycles. The van der Waals surface area contributed by atoms with E-state index in [4.69, 9.17) is 4.74 Å². The Morgan fingerprint density at radius 1 is 1.11 bits per heavy atom. The van der Waals surface area contributed by atoms with Gasteiger partial charge in [0.2, 0.25) is 11.8 Å². The normalized spacial score (nSPS) is 12.0. The molecule has 0 saturated heterocycles. The third kappa shape index (κ3) is 7.31. The molecule has 0 fully saturated rings. The van der Waals surface area contributed by atoms with Crippen LogP contribution in [0.5, 0.6) is 0 Å². The monoisotopic (exact) mass is 384 g/mol. The number of thiol groups is 1. The van der Waals surface area contributed by atoms with Gasteiger partial charge in [0.15, 0.2) is 0 Å². The van der Waals surface area contributed by atoms with Crippen molar-refractivity contribution in [3.8, 4) is 0 Å². The van der Waals surface area contributed by atoms with Crippen molar-refractivity contribution in [2.75, 3.05) is 0 Å². The summed E-state index contributed by atoms with van der Waals surface area (Å²) in [6, 6.07) is 19.2. The van der Waals surface area contributed by atoms with Gasteiger partial charge in [-0.25, -0.2) is 0 Å². The lowest BCUT2D eigenvalue weighted by atomic mass is 10.1. The molecule has 144 valence electrons. The topological polar surface area (TPSA) is 50.7 Å². The van der Waals surface area contributed by atoms with Gasteiger partial charge in [0.25, 0.3) is 0 Å². The first-order valence-corrected chi connectivity index (χ1v) is 9.59. The summed E-state index contributed by atoms with van der Waals surface area (Å²) in [5.74, 6) is 0.0496. The quantitative estimate of drug-likeness (QED) is 0.379. The molecular formula is C22H28N2O2S. The number of hydrogen-bond donors (Lipinski definition) is 2. The fraction of sp³-hybridized carbons (Fsp3) is 0.273. The highest BCUT2D eigenvalue weighted by atomic mass is 32.1.